The lowest BCUT2D eigenvalue weighted by Gasteiger charge is -2.27. The van der Waals surface area contributed by atoms with E-state index < -0.39 is 11.6 Å². The van der Waals surface area contributed by atoms with Gasteiger partial charge >= 0.3 is 0 Å². The number of halogens is 3. The van der Waals surface area contributed by atoms with E-state index in [0.29, 0.717) is 23.7 Å². The summed E-state index contributed by atoms with van der Waals surface area (Å²) < 4.78 is 48.6. The molecule has 1 aromatic rings. The molecule has 2 rings (SSSR count). The van der Waals surface area contributed by atoms with Crippen LogP contribution in [0.2, 0.25) is 0 Å². The van der Waals surface area contributed by atoms with Crippen molar-refractivity contribution in [2.75, 3.05) is 6.61 Å². The molecule has 0 spiro atoms. The predicted octanol–water partition coefficient (Wildman–Crippen LogP) is 8.68. The molecule has 2 unspecified atom stereocenters. The first-order chi connectivity index (χ1) is 14.6. The van der Waals surface area contributed by atoms with Crippen molar-refractivity contribution in [1.29, 1.82) is 0 Å². The van der Waals surface area contributed by atoms with Crippen LogP contribution in [0.5, 0.6) is 5.75 Å². The summed E-state index contributed by atoms with van der Waals surface area (Å²) >= 11 is 0. The molecule has 172 valence electrons. The quantitative estimate of drug-likeness (QED) is 0.335. The molecule has 0 radical (unpaired) electrons. The molecule has 1 aromatic carbocycles. The van der Waals surface area contributed by atoms with Crippen LogP contribution in [-0.4, -0.2) is 6.61 Å². The molecular weight excluding hydrogens is 397 g/mol. The average Bonchev–Trinajstić information content (AvgIpc) is 2.73. The summed E-state index contributed by atoms with van der Waals surface area (Å²) in [6.07, 6.45) is 6.97. The molecule has 1 aliphatic carbocycles. The van der Waals surface area contributed by atoms with Crippen molar-refractivity contribution in [3.05, 3.63) is 65.5 Å². The van der Waals surface area contributed by atoms with E-state index in [4.69, 9.17) is 4.74 Å². The van der Waals surface area contributed by atoms with Gasteiger partial charge in [-0.1, -0.05) is 52.8 Å². The molecule has 1 saturated carbocycles. The van der Waals surface area contributed by atoms with E-state index in [1.165, 1.54) is 6.08 Å². The van der Waals surface area contributed by atoms with Gasteiger partial charge in [0.1, 0.15) is 5.83 Å². The number of rotatable bonds is 10. The Balaban J connectivity index is 1.87. The monoisotopic (exact) mass is 434 g/mol. The Hall–Kier alpha value is -1.97. The molecule has 0 aliphatic heterocycles. The fourth-order valence-electron chi connectivity index (χ4n) is 4.01. The molecule has 1 aliphatic rings. The van der Waals surface area contributed by atoms with Crippen LogP contribution in [0.4, 0.5) is 13.2 Å². The molecule has 0 amide bonds. The third kappa shape index (κ3) is 7.29. The van der Waals surface area contributed by atoms with E-state index >= 15 is 0 Å². The van der Waals surface area contributed by atoms with E-state index in [-0.39, 0.29) is 29.3 Å². The third-order valence-corrected chi connectivity index (χ3v) is 6.50. The van der Waals surface area contributed by atoms with E-state index in [1.807, 2.05) is 13.8 Å². The SMILES string of the molecule is C=C(C)/C(F)=C\C(=C)C(C)CCC(C)COc1ccc(C2CCC(C)CC2)c(F)c1F. The van der Waals surface area contributed by atoms with E-state index in [2.05, 4.69) is 20.1 Å². The molecule has 0 heterocycles. The lowest BCUT2D eigenvalue weighted by molar-refractivity contribution is 0.233. The van der Waals surface area contributed by atoms with Gasteiger partial charge in [0.25, 0.3) is 0 Å². The molecule has 31 heavy (non-hydrogen) atoms. The lowest BCUT2D eigenvalue weighted by Crippen LogP contribution is -2.14. The average molecular weight is 435 g/mol. The Kier molecular flexibility index (Phi) is 9.46. The van der Waals surface area contributed by atoms with Crippen LogP contribution in [0, 0.1) is 29.4 Å². The number of allylic oxidation sites excluding steroid dienone is 4. The maximum Gasteiger partial charge on any atom is 0.200 e. The smallest absolute Gasteiger partial charge is 0.200 e. The second-order valence-corrected chi connectivity index (χ2v) is 9.48. The highest BCUT2D eigenvalue weighted by Crippen LogP contribution is 2.38. The standard InChI is InChI=1S/C27H37F3O/c1-17(2)24(28)15-21(6)20(5)10-7-19(4)16-31-25-14-13-23(26(29)27(25)30)22-11-8-18(3)9-12-22/h13-15,18-20,22H,1,6-12,16H2,2-5H3/b24-15+. The fourth-order valence-corrected chi connectivity index (χ4v) is 4.01. The molecular formula is C27H37F3O. The predicted molar refractivity (Wildman–Crippen MR) is 123 cm³/mol. The van der Waals surface area contributed by atoms with Gasteiger partial charge in [-0.15, -0.1) is 0 Å². The largest absolute Gasteiger partial charge is 0.490 e. The first kappa shape index (κ1) is 25.3. The highest BCUT2D eigenvalue weighted by Gasteiger charge is 2.25. The Bertz CT molecular complexity index is 803. The van der Waals surface area contributed by atoms with Crippen LogP contribution in [0.15, 0.2) is 48.3 Å². The van der Waals surface area contributed by atoms with Crippen LogP contribution in [0.25, 0.3) is 0 Å². The highest BCUT2D eigenvalue weighted by molar-refractivity contribution is 5.33. The summed E-state index contributed by atoms with van der Waals surface area (Å²) in [6, 6.07) is 3.25. The van der Waals surface area contributed by atoms with Gasteiger partial charge in [0.15, 0.2) is 11.6 Å². The molecule has 0 saturated heterocycles. The summed E-state index contributed by atoms with van der Waals surface area (Å²) in [7, 11) is 0. The third-order valence-electron chi connectivity index (χ3n) is 6.50. The Morgan fingerprint density at radius 2 is 1.74 bits per heavy atom. The van der Waals surface area contributed by atoms with Crippen LogP contribution >= 0.6 is 0 Å². The van der Waals surface area contributed by atoms with Gasteiger partial charge in [0.05, 0.1) is 6.61 Å². The second kappa shape index (κ2) is 11.6. The maximum absolute atomic E-state index is 14.7. The molecule has 0 N–H and O–H groups in total. The zero-order valence-electron chi connectivity index (χ0n) is 19.4. The zero-order valence-corrected chi connectivity index (χ0v) is 19.4. The second-order valence-electron chi connectivity index (χ2n) is 9.48. The molecule has 0 aromatic heterocycles. The minimum Gasteiger partial charge on any atom is -0.490 e. The molecule has 4 heteroatoms. The number of hydrogen-bond acceptors (Lipinski definition) is 1. The van der Waals surface area contributed by atoms with Crippen LogP contribution in [0.1, 0.15) is 77.7 Å². The van der Waals surface area contributed by atoms with Gasteiger partial charge in [-0.2, -0.15) is 4.39 Å². The van der Waals surface area contributed by atoms with Crippen molar-refractivity contribution in [2.45, 2.75) is 72.1 Å². The first-order valence-electron chi connectivity index (χ1n) is 11.4. The van der Waals surface area contributed by atoms with Gasteiger partial charge < -0.3 is 4.74 Å². The van der Waals surface area contributed by atoms with Gasteiger partial charge in [-0.05, 0) is 85.1 Å². The summed E-state index contributed by atoms with van der Waals surface area (Å²) in [6.45, 7) is 15.7. The summed E-state index contributed by atoms with van der Waals surface area (Å²) in [5.41, 5.74) is 1.58. The molecule has 2 atom stereocenters. The van der Waals surface area contributed by atoms with Gasteiger partial charge in [0.2, 0.25) is 5.82 Å². The van der Waals surface area contributed by atoms with Crippen molar-refractivity contribution in [3.8, 4) is 5.75 Å². The maximum atomic E-state index is 14.7. The van der Waals surface area contributed by atoms with Gasteiger partial charge in [-0.3, -0.25) is 0 Å². The highest BCUT2D eigenvalue weighted by atomic mass is 19.2. The minimum absolute atomic E-state index is 0.0267. The Morgan fingerprint density at radius 3 is 2.35 bits per heavy atom. The minimum atomic E-state index is -0.884. The van der Waals surface area contributed by atoms with Crippen molar-refractivity contribution in [2.24, 2.45) is 17.8 Å². The number of benzene rings is 1. The van der Waals surface area contributed by atoms with Crippen molar-refractivity contribution < 1.29 is 17.9 Å². The fraction of sp³-hybridized carbons (Fsp3) is 0.556. The Labute approximate surface area is 186 Å². The lowest BCUT2D eigenvalue weighted by atomic mass is 9.79. The van der Waals surface area contributed by atoms with Crippen molar-refractivity contribution >= 4 is 0 Å². The van der Waals surface area contributed by atoms with E-state index in [9.17, 15) is 13.2 Å². The number of hydrogen-bond donors (Lipinski definition) is 0. The number of ether oxygens (including phenoxy) is 1. The summed E-state index contributed by atoms with van der Waals surface area (Å²) in [5, 5.41) is 0. The van der Waals surface area contributed by atoms with Crippen molar-refractivity contribution in [1.82, 2.24) is 0 Å². The zero-order chi connectivity index (χ0) is 23.1. The molecule has 1 fully saturated rings. The summed E-state index contributed by atoms with van der Waals surface area (Å²) in [5.74, 6) is -1.01. The van der Waals surface area contributed by atoms with Crippen LogP contribution in [-0.2, 0) is 0 Å². The van der Waals surface area contributed by atoms with Crippen LogP contribution in [0.3, 0.4) is 0 Å². The van der Waals surface area contributed by atoms with Gasteiger partial charge in [-0.25, -0.2) is 8.78 Å². The van der Waals surface area contributed by atoms with Crippen LogP contribution < -0.4 is 4.74 Å². The molecule has 0 bridgehead atoms. The van der Waals surface area contributed by atoms with E-state index in [0.717, 1.165) is 44.1 Å². The first-order valence-corrected chi connectivity index (χ1v) is 11.4. The topological polar surface area (TPSA) is 9.23 Å². The molecule has 1 nitrogen and oxygen atoms in total. The summed E-state index contributed by atoms with van der Waals surface area (Å²) in [4.78, 5) is 0. The van der Waals surface area contributed by atoms with Gasteiger partial charge in [0, 0.05) is 0 Å². The Morgan fingerprint density at radius 1 is 1.10 bits per heavy atom. The van der Waals surface area contributed by atoms with Crippen molar-refractivity contribution in [3.63, 3.8) is 0 Å². The van der Waals surface area contributed by atoms with E-state index in [1.54, 1.807) is 19.1 Å². The normalized spacial score (nSPS) is 21.5.